The van der Waals surface area contributed by atoms with Gasteiger partial charge in [-0.15, -0.1) is 0 Å². The maximum atomic E-state index is 12.8. The fourth-order valence-electron chi connectivity index (χ4n) is 3.44. The number of carbonyl (C=O) groups excluding carboxylic acids is 2. The van der Waals surface area contributed by atoms with Crippen LogP contribution in [-0.4, -0.2) is 23.7 Å². The van der Waals surface area contributed by atoms with E-state index in [0.29, 0.717) is 46.3 Å². The highest BCUT2D eigenvalue weighted by Gasteiger charge is 2.30. The summed E-state index contributed by atoms with van der Waals surface area (Å²) in [6.45, 7) is 1.90. The van der Waals surface area contributed by atoms with Crippen LogP contribution in [0.2, 0.25) is 5.15 Å². The number of benzene rings is 2. The van der Waals surface area contributed by atoms with Gasteiger partial charge >= 0.3 is 5.97 Å². The number of hydrogen-bond donors (Lipinski definition) is 0. The van der Waals surface area contributed by atoms with Gasteiger partial charge in [0.15, 0.2) is 22.4 Å². The molecule has 0 saturated carbocycles. The second-order valence-corrected chi connectivity index (χ2v) is 7.60. The molecule has 162 valence electrons. The third kappa shape index (κ3) is 3.80. The molecule has 0 atom stereocenters. The molecule has 32 heavy (non-hydrogen) atoms. The molecule has 9 heteroatoms. The Labute approximate surface area is 187 Å². The molecule has 2 aliphatic rings. The van der Waals surface area contributed by atoms with Gasteiger partial charge in [-0.05, 0) is 42.8 Å². The van der Waals surface area contributed by atoms with Gasteiger partial charge in [0.25, 0.3) is 0 Å². The Bertz CT molecular complexity index is 1280. The number of aryl methyl sites for hydroxylation is 1. The zero-order valence-electron chi connectivity index (χ0n) is 16.8. The molecule has 0 aliphatic carbocycles. The van der Waals surface area contributed by atoms with E-state index in [1.165, 1.54) is 0 Å². The summed E-state index contributed by atoms with van der Waals surface area (Å²) < 4.78 is 27.0. The van der Waals surface area contributed by atoms with Crippen molar-refractivity contribution in [2.45, 2.75) is 19.8 Å². The van der Waals surface area contributed by atoms with Crippen LogP contribution in [0, 0.1) is 6.92 Å². The van der Waals surface area contributed by atoms with E-state index >= 15 is 0 Å². The molecule has 0 radical (unpaired) electrons. The molecule has 8 nitrogen and oxygen atoms in total. The minimum atomic E-state index is -0.457. The summed E-state index contributed by atoms with van der Waals surface area (Å²) in [7, 11) is 0. The molecule has 2 aromatic carbocycles. The van der Waals surface area contributed by atoms with Crippen LogP contribution < -0.4 is 18.9 Å². The smallest absolute Gasteiger partial charge is 0.311 e. The molecule has 0 fully saturated rings. The van der Waals surface area contributed by atoms with Crippen molar-refractivity contribution < 1.29 is 33.1 Å². The van der Waals surface area contributed by atoms with Crippen molar-refractivity contribution >= 4 is 29.4 Å². The van der Waals surface area contributed by atoms with Crippen molar-refractivity contribution in [2.75, 3.05) is 6.79 Å². The molecule has 0 N–H and O–H groups in total. The first-order valence-corrected chi connectivity index (χ1v) is 10.1. The number of halogens is 1. The van der Waals surface area contributed by atoms with Gasteiger partial charge in [-0.2, -0.15) is 0 Å². The van der Waals surface area contributed by atoms with Crippen LogP contribution in [-0.2, 0) is 11.2 Å². The molecular formula is C23H16ClNO7. The number of hydrogen-bond acceptors (Lipinski definition) is 8. The van der Waals surface area contributed by atoms with Crippen LogP contribution in [0.25, 0.3) is 6.08 Å². The van der Waals surface area contributed by atoms with E-state index in [0.717, 1.165) is 5.56 Å². The van der Waals surface area contributed by atoms with E-state index in [1.807, 2.05) is 6.07 Å². The fraction of sp³-hybridized carbons (Fsp3) is 0.174. The minimum absolute atomic E-state index is 0.0805. The van der Waals surface area contributed by atoms with Crippen LogP contribution >= 0.6 is 11.6 Å². The predicted octanol–water partition coefficient (Wildman–Crippen LogP) is 4.52. The highest BCUT2D eigenvalue weighted by Crippen LogP contribution is 2.40. The van der Waals surface area contributed by atoms with Crippen molar-refractivity contribution in [1.82, 2.24) is 5.16 Å². The maximum absolute atomic E-state index is 12.8. The van der Waals surface area contributed by atoms with Crippen molar-refractivity contribution in [3.05, 3.63) is 69.8 Å². The average molecular weight is 454 g/mol. The number of carbonyl (C=O) groups is 2. The second kappa shape index (κ2) is 8.05. The number of Topliss-reactive ketones (excluding diaryl/α,β-unsaturated/α-hetero) is 1. The first-order valence-electron chi connectivity index (χ1n) is 9.77. The standard InChI is InChI=1S/C23H16ClNO7/c1-12-16(30-21(26)7-3-14-10-20(24)25-32-14)6-4-15-22(27)19(31-23(12)15)9-13-2-5-17-18(8-13)29-11-28-17/h2,4-6,8-10H,3,7,11H2,1H3/b19-9-. The van der Waals surface area contributed by atoms with E-state index in [-0.39, 0.29) is 29.9 Å². The molecule has 3 aromatic rings. The average Bonchev–Trinajstić information content (AvgIpc) is 3.49. The first kappa shape index (κ1) is 20.1. The summed E-state index contributed by atoms with van der Waals surface area (Å²) in [6.07, 6.45) is 2.02. The zero-order valence-corrected chi connectivity index (χ0v) is 17.6. The molecule has 0 spiro atoms. The Morgan fingerprint density at radius 1 is 1.19 bits per heavy atom. The fourth-order valence-corrected chi connectivity index (χ4v) is 3.59. The number of aromatic nitrogens is 1. The molecule has 0 unspecified atom stereocenters. The maximum Gasteiger partial charge on any atom is 0.311 e. The summed E-state index contributed by atoms with van der Waals surface area (Å²) in [4.78, 5) is 25.0. The number of ketones is 1. The monoisotopic (exact) mass is 453 g/mol. The molecule has 5 rings (SSSR count). The predicted molar refractivity (Wildman–Crippen MR) is 112 cm³/mol. The Morgan fingerprint density at radius 3 is 2.84 bits per heavy atom. The molecule has 3 heterocycles. The number of ether oxygens (including phenoxy) is 4. The van der Waals surface area contributed by atoms with E-state index in [9.17, 15) is 9.59 Å². The molecule has 1 aromatic heterocycles. The van der Waals surface area contributed by atoms with Gasteiger partial charge in [0.05, 0.1) is 12.0 Å². The summed E-state index contributed by atoms with van der Waals surface area (Å²) >= 11 is 5.70. The Hall–Kier alpha value is -3.78. The van der Waals surface area contributed by atoms with E-state index in [1.54, 1.807) is 43.3 Å². The van der Waals surface area contributed by atoms with Crippen LogP contribution in [0.3, 0.4) is 0 Å². The van der Waals surface area contributed by atoms with Crippen molar-refractivity contribution in [3.8, 4) is 23.0 Å². The van der Waals surface area contributed by atoms with Crippen LogP contribution in [0.5, 0.6) is 23.0 Å². The van der Waals surface area contributed by atoms with Gasteiger partial charge < -0.3 is 23.5 Å². The molecule has 0 saturated heterocycles. The Balaban J connectivity index is 1.31. The number of rotatable bonds is 5. The number of esters is 1. The lowest BCUT2D eigenvalue weighted by Crippen LogP contribution is -2.10. The summed E-state index contributed by atoms with van der Waals surface area (Å²) in [5, 5.41) is 3.80. The summed E-state index contributed by atoms with van der Waals surface area (Å²) in [5.41, 5.74) is 1.70. The van der Waals surface area contributed by atoms with E-state index in [2.05, 4.69) is 5.16 Å². The second-order valence-electron chi connectivity index (χ2n) is 7.21. The number of nitrogens with zero attached hydrogens (tertiary/aromatic N) is 1. The Morgan fingerprint density at radius 2 is 2.03 bits per heavy atom. The summed E-state index contributed by atoms with van der Waals surface area (Å²) in [5.74, 6) is 1.92. The number of fused-ring (bicyclic) bond motifs is 2. The highest BCUT2D eigenvalue weighted by molar-refractivity contribution is 6.29. The molecular weight excluding hydrogens is 438 g/mol. The number of allylic oxidation sites excluding steroid dienone is 1. The largest absolute Gasteiger partial charge is 0.454 e. The third-order valence-electron chi connectivity index (χ3n) is 5.06. The molecule has 0 bridgehead atoms. The van der Waals surface area contributed by atoms with Crippen LogP contribution in [0.1, 0.15) is 33.7 Å². The van der Waals surface area contributed by atoms with Crippen LogP contribution in [0.4, 0.5) is 0 Å². The van der Waals surface area contributed by atoms with Gasteiger partial charge in [0, 0.05) is 18.1 Å². The Kier molecular flexibility index (Phi) is 5.07. The normalized spacial score (nSPS) is 15.1. The lowest BCUT2D eigenvalue weighted by Gasteiger charge is -2.09. The first-order chi connectivity index (χ1) is 15.5. The highest BCUT2D eigenvalue weighted by atomic mass is 35.5. The minimum Gasteiger partial charge on any atom is -0.454 e. The quantitative estimate of drug-likeness (QED) is 0.316. The van der Waals surface area contributed by atoms with Gasteiger partial charge in [-0.3, -0.25) is 9.59 Å². The molecule has 0 amide bonds. The van der Waals surface area contributed by atoms with Gasteiger partial charge in [-0.1, -0.05) is 22.8 Å². The van der Waals surface area contributed by atoms with Crippen molar-refractivity contribution in [1.29, 1.82) is 0 Å². The van der Waals surface area contributed by atoms with Crippen molar-refractivity contribution in [3.63, 3.8) is 0 Å². The lowest BCUT2D eigenvalue weighted by atomic mass is 10.1. The van der Waals surface area contributed by atoms with Crippen molar-refractivity contribution in [2.24, 2.45) is 0 Å². The van der Waals surface area contributed by atoms with Gasteiger partial charge in [-0.25, -0.2) is 0 Å². The van der Waals surface area contributed by atoms with Gasteiger partial charge in [0.2, 0.25) is 12.6 Å². The molecule has 2 aliphatic heterocycles. The summed E-state index contributed by atoms with van der Waals surface area (Å²) in [6, 6.07) is 10.1. The topological polar surface area (TPSA) is 97.1 Å². The van der Waals surface area contributed by atoms with E-state index < -0.39 is 5.97 Å². The third-order valence-corrected chi connectivity index (χ3v) is 5.24. The van der Waals surface area contributed by atoms with Gasteiger partial charge in [0.1, 0.15) is 17.3 Å². The SMILES string of the molecule is Cc1c(OC(=O)CCc2cc(Cl)no2)ccc2c1O/C(=C\c1ccc3c(c1)OCO3)C2=O. The van der Waals surface area contributed by atoms with Crippen LogP contribution in [0.15, 0.2) is 46.7 Å². The lowest BCUT2D eigenvalue weighted by molar-refractivity contribution is -0.134. The van der Waals surface area contributed by atoms with E-state index in [4.69, 9.17) is 35.1 Å². The zero-order chi connectivity index (χ0) is 22.2.